The monoisotopic (exact) mass is 366 g/mol. The van der Waals surface area contributed by atoms with E-state index in [2.05, 4.69) is 10.5 Å². The first-order valence-corrected chi connectivity index (χ1v) is 7.80. The predicted octanol–water partition coefficient (Wildman–Crippen LogP) is 3.92. The number of hydrazone groups is 1. The summed E-state index contributed by atoms with van der Waals surface area (Å²) in [5, 5.41) is 4.88. The third-order valence-corrected chi connectivity index (χ3v) is 3.62. The van der Waals surface area contributed by atoms with Crippen LogP contribution < -0.4 is 14.9 Å². The highest BCUT2D eigenvalue weighted by molar-refractivity contribution is 6.35. The molecule has 0 heterocycles. The Morgan fingerprint density at radius 3 is 2.71 bits per heavy atom. The van der Waals surface area contributed by atoms with E-state index < -0.39 is 5.91 Å². The number of benzene rings is 2. The molecule has 5 nitrogen and oxygen atoms in total. The van der Waals surface area contributed by atoms with Gasteiger partial charge in [-0.05, 0) is 37.3 Å². The number of nitrogens with zero attached hydrogens (tertiary/aromatic N) is 1. The Hall–Kier alpha value is -2.24. The van der Waals surface area contributed by atoms with Crippen molar-refractivity contribution in [3.63, 3.8) is 0 Å². The lowest BCUT2D eigenvalue weighted by Gasteiger charge is -2.08. The Morgan fingerprint density at radius 1 is 1.21 bits per heavy atom. The van der Waals surface area contributed by atoms with Gasteiger partial charge in [0.25, 0.3) is 5.91 Å². The van der Waals surface area contributed by atoms with Crippen molar-refractivity contribution >= 4 is 34.8 Å². The first-order valence-electron chi connectivity index (χ1n) is 7.05. The normalized spacial score (nSPS) is 11.1. The molecule has 0 radical (unpaired) electrons. The van der Waals surface area contributed by atoms with Crippen molar-refractivity contribution in [2.75, 3.05) is 13.7 Å². The van der Waals surface area contributed by atoms with Crippen LogP contribution in [-0.2, 0) is 4.79 Å². The predicted molar refractivity (Wildman–Crippen MR) is 95.3 cm³/mol. The van der Waals surface area contributed by atoms with E-state index in [0.717, 1.165) is 5.56 Å². The van der Waals surface area contributed by atoms with Gasteiger partial charge >= 0.3 is 0 Å². The van der Waals surface area contributed by atoms with Crippen LogP contribution in [0.25, 0.3) is 0 Å². The number of hydrogen-bond acceptors (Lipinski definition) is 4. The van der Waals surface area contributed by atoms with Gasteiger partial charge in [0, 0.05) is 10.6 Å². The average molecular weight is 367 g/mol. The van der Waals surface area contributed by atoms with Crippen molar-refractivity contribution in [3.05, 3.63) is 58.1 Å². The maximum absolute atomic E-state index is 11.8. The number of rotatable bonds is 6. The fourth-order valence-electron chi connectivity index (χ4n) is 1.83. The van der Waals surface area contributed by atoms with Gasteiger partial charge in [0.15, 0.2) is 6.61 Å². The fraction of sp³-hybridized carbons (Fsp3) is 0.176. The van der Waals surface area contributed by atoms with Crippen LogP contribution in [0, 0.1) is 0 Å². The van der Waals surface area contributed by atoms with Gasteiger partial charge in [-0.2, -0.15) is 5.10 Å². The molecule has 24 heavy (non-hydrogen) atoms. The van der Waals surface area contributed by atoms with E-state index in [0.29, 0.717) is 27.3 Å². The molecule has 0 fully saturated rings. The lowest BCUT2D eigenvalue weighted by molar-refractivity contribution is -0.123. The minimum atomic E-state index is -0.400. The van der Waals surface area contributed by atoms with E-state index in [1.807, 2.05) is 24.3 Å². The molecule has 2 aromatic carbocycles. The Kier molecular flexibility index (Phi) is 6.46. The van der Waals surface area contributed by atoms with Crippen molar-refractivity contribution in [3.8, 4) is 11.5 Å². The summed E-state index contributed by atoms with van der Waals surface area (Å²) in [4.78, 5) is 11.8. The molecular weight excluding hydrogens is 351 g/mol. The highest BCUT2D eigenvalue weighted by Gasteiger charge is 2.06. The molecule has 0 aliphatic rings. The summed E-state index contributed by atoms with van der Waals surface area (Å²) in [6.45, 7) is 1.57. The second-order valence-electron chi connectivity index (χ2n) is 4.83. The summed E-state index contributed by atoms with van der Waals surface area (Å²) in [7, 11) is 1.59. The molecule has 0 unspecified atom stereocenters. The molecule has 126 valence electrons. The molecule has 0 saturated carbocycles. The van der Waals surface area contributed by atoms with Crippen LogP contribution in [0.5, 0.6) is 11.5 Å². The topological polar surface area (TPSA) is 59.9 Å². The third-order valence-electron chi connectivity index (χ3n) is 3.09. The smallest absolute Gasteiger partial charge is 0.277 e. The van der Waals surface area contributed by atoms with E-state index in [1.165, 1.54) is 0 Å². The second kappa shape index (κ2) is 8.57. The Bertz CT molecular complexity index is 763. The minimum Gasteiger partial charge on any atom is -0.497 e. The molecule has 2 rings (SSSR count). The van der Waals surface area contributed by atoms with E-state index in [-0.39, 0.29) is 6.61 Å². The van der Waals surface area contributed by atoms with Gasteiger partial charge in [-0.3, -0.25) is 4.79 Å². The molecule has 0 aliphatic heterocycles. The zero-order valence-electron chi connectivity index (χ0n) is 13.2. The first kappa shape index (κ1) is 18.1. The van der Waals surface area contributed by atoms with Gasteiger partial charge in [-0.1, -0.05) is 35.3 Å². The number of nitrogens with one attached hydrogen (secondary N) is 1. The zero-order chi connectivity index (χ0) is 17.5. The highest BCUT2D eigenvalue weighted by atomic mass is 35.5. The van der Waals surface area contributed by atoms with Crippen LogP contribution in [0.1, 0.15) is 12.5 Å². The lowest BCUT2D eigenvalue weighted by atomic mass is 10.1. The van der Waals surface area contributed by atoms with Gasteiger partial charge in [0.1, 0.15) is 11.5 Å². The van der Waals surface area contributed by atoms with Crippen LogP contribution in [0.4, 0.5) is 0 Å². The fourth-order valence-corrected chi connectivity index (χ4v) is 2.29. The molecule has 0 spiro atoms. The third kappa shape index (κ3) is 5.15. The summed E-state index contributed by atoms with van der Waals surface area (Å²) in [5.74, 6) is 0.696. The maximum Gasteiger partial charge on any atom is 0.277 e. The quantitative estimate of drug-likeness (QED) is 0.622. The van der Waals surface area contributed by atoms with Crippen LogP contribution >= 0.6 is 23.2 Å². The minimum absolute atomic E-state index is 0.212. The highest BCUT2D eigenvalue weighted by Crippen LogP contribution is 2.27. The molecule has 0 saturated heterocycles. The summed E-state index contributed by atoms with van der Waals surface area (Å²) in [5.41, 5.74) is 3.92. The second-order valence-corrected chi connectivity index (χ2v) is 5.67. The van der Waals surface area contributed by atoms with E-state index in [1.54, 1.807) is 32.2 Å². The summed E-state index contributed by atoms with van der Waals surface area (Å²) >= 11 is 11.8. The summed E-state index contributed by atoms with van der Waals surface area (Å²) in [6.07, 6.45) is 0. The molecule has 0 atom stereocenters. The number of ether oxygens (including phenoxy) is 2. The summed E-state index contributed by atoms with van der Waals surface area (Å²) < 4.78 is 10.5. The Morgan fingerprint density at radius 2 is 2.00 bits per heavy atom. The van der Waals surface area contributed by atoms with Crippen molar-refractivity contribution in [2.24, 2.45) is 5.10 Å². The van der Waals surface area contributed by atoms with Gasteiger partial charge in [0.2, 0.25) is 0 Å². The Balaban J connectivity index is 1.91. The standard InChI is InChI=1S/C17H16Cl2N2O3/c1-11(12-4-3-5-14(8-12)23-2)20-21-17(22)10-24-16-7-6-13(18)9-15(16)19/h3-9H,10H2,1-2H3,(H,21,22)/b20-11-. The van der Waals surface area contributed by atoms with Gasteiger partial charge < -0.3 is 9.47 Å². The number of carbonyl (C=O) groups excluding carboxylic acids is 1. The van der Waals surface area contributed by atoms with Crippen LogP contribution in [-0.4, -0.2) is 25.3 Å². The van der Waals surface area contributed by atoms with Gasteiger partial charge in [-0.25, -0.2) is 5.43 Å². The number of amides is 1. The van der Waals surface area contributed by atoms with Crippen molar-refractivity contribution in [1.82, 2.24) is 5.43 Å². The van der Waals surface area contributed by atoms with Crippen LogP contribution in [0.3, 0.4) is 0 Å². The van der Waals surface area contributed by atoms with Gasteiger partial charge in [-0.15, -0.1) is 0 Å². The molecule has 1 amide bonds. The molecule has 0 bridgehead atoms. The van der Waals surface area contributed by atoms with Gasteiger partial charge in [0.05, 0.1) is 17.8 Å². The van der Waals surface area contributed by atoms with Crippen LogP contribution in [0.2, 0.25) is 10.0 Å². The largest absolute Gasteiger partial charge is 0.497 e. The molecule has 0 aromatic heterocycles. The Labute approximate surface area is 150 Å². The SMILES string of the molecule is COc1cccc(/C(C)=N\NC(=O)COc2ccc(Cl)cc2Cl)c1. The summed E-state index contributed by atoms with van der Waals surface area (Å²) in [6, 6.07) is 12.2. The maximum atomic E-state index is 11.8. The number of hydrogen-bond donors (Lipinski definition) is 1. The lowest BCUT2D eigenvalue weighted by Crippen LogP contribution is -2.25. The van der Waals surface area contributed by atoms with E-state index in [9.17, 15) is 4.79 Å². The van der Waals surface area contributed by atoms with E-state index in [4.69, 9.17) is 32.7 Å². The van der Waals surface area contributed by atoms with Crippen LogP contribution in [0.15, 0.2) is 47.6 Å². The molecule has 7 heteroatoms. The number of methoxy groups -OCH3 is 1. The molecule has 0 aliphatic carbocycles. The molecular formula is C17H16Cl2N2O3. The molecule has 2 aromatic rings. The van der Waals surface area contributed by atoms with E-state index >= 15 is 0 Å². The average Bonchev–Trinajstić information content (AvgIpc) is 2.59. The van der Waals surface area contributed by atoms with Crippen molar-refractivity contribution < 1.29 is 14.3 Å². The zero-order valence-corrected chi connectivity index (χ0v) is 14.7. The van der Waals surface area contributed by atoms with Crippen molar-refractivity contribution in [1.29, 1.82) is 0 Å². The first-order chi connectivity index (χ1) is 11.5. The molecule has 1 N–H and O–H groups in total. The van der Waals surface area contributed by atoms with Crippen molar-refractivity contribution in [2.45, 2.75) is 6.92 Å². The number of carbonyl (C=O) groups is 1. The number of halogens is 2.